The summed E-state index contributed by atoms with van der Waals surface area (Å²) in [6.07, 6.45) is -0.658. The number of nitrogens with zero attached hydrogens (tertiary/aromatic N) is 1. The number of guanidine groups is 1. The number of primary amides is 3. The molecule has 0 spiro atoms. The molecule has 2 fully saturated rings. The lowest BCUT2D eigenvalue weighted by atomic mass is 9.97. The number of nitrogens with one attached hydrogen (secondary N) is 8. The second-order valence-corrected chi connectivity index (χ2v) is 20.3. The molecule has 11 amide bonds. The van der Waals surface area contributed by atoms with Gasteiger partial charge in [-0.2, -0.15) is 0 Å². The van der Waals surface area contributed by atoms with Crippen molar-refractivity contribution in [3.05, 3.63) is 0 Å². The van der Waals surface area contributed by atoms with Gasteiger partial charge in [0.25, 0.3) is 0 Å². The Hall–Kier alpha value is -5.20. The SMILES string of the molecule is CC[C@H](C)[C@H](NC(=O)[C@H](CCC(N)=O)NC(=O)[C@H](C)NC(=O)[C@H](CCCN=C(N)N)NC(=O)[C@@H]1CSSC[C@H](NC(=O)[C@@H](N)CC(N)=O)C(=O)N1)C(=O)N[C@H]1CSSC[C@@H](C(N)=O)NC1=O. The predicted octanol–water partition coefficient (Wildman–Crippen LogP) is -6.27. The minimum Gasteiger partial charge on any atom is -0.370 e. The molecule has 2 aliphatic heterocycles. The van der Waals surface area contributed by atoms with Crippen molar-refractivity contribution in [2.75, 3.05) is 29.6 Å². The third-order valence-corrected chi connectivity index (χ3v) is 14.7. The second kappa shape index (κ2) is 28.8. The first-order chi connectivity index (χ1) is 31.0. The number of amides is 11. The standard InChI is InChI=1S/C36H61N15O11S4/c1-4-15(2)26(35(62)50-23-14-64-63-11-20(27(40)54)47-33(23)60)51-31(58)19(7-8-24(38)52)45-28(55)16(3)44-30(57)18(6-5-9-43-36(41)42)46-32(59)22-13-66-65-12-21(34(61)49-22)48-29(56)17(37)10-25(39)53/h15-23,26H,4-14,37H2,1-3H3,(H2,38,52)(H2,39,53)(H2,40,54)(H,44,57)(H,45,55)(H,46,59)(H,47,60)(H,48,56)(H,49,61)(H,50,62)(H,51,58)(H4,41,42,43)/t15-,16-,17-,18-,19-,20-,21-,22-,23-,26-/m0/s1. The van der Waals surface area contributed by atoms with Crippen molar-refractivity contribution >= 4 is 114 Å². The summed E-state index contributed by atoms with van der Waals surface area (Å²) in [4.78, 5) is 146. The van der Waals surface area contributed by atoms with Gasteiger partial charge in [0.05, 0.1) is 12.5 Å². The van der Waals surface area contributed by atoms with Crippen LogP contribution < -0.4 is 76.9 Å². The molecule has 0 aliphatic carbocycles. The van der Waals surface area contributed by atoms with Crippen LogP contribution in [0.2, 0.25) is 0 Å². The number of rotatable bonds is 24. The first-order valence-corrected chi connectivity index (χ1v) is 25.6. The van der Waals surface area contributed by atoms with Gasteiger partial charge in [-0.25, -0.2) is 0 Å². The molecule has 66 heavy (non-hydrogen) atoms. The van der Waals surface area contributed by atoms with Crippen LogP contribution >= 0.6 is 43.2 Å². The van der Waals surface area contributed by atoms with E-state index >= 15 is 0 Å². The Morgan fingerprint density at radius 1 is 0.667 bits per heavy atom. The number of carbonyl (C=O) groups excluding carboxylic acids is 11. The van der Waals surface area contributed by atoms with E-state index in [0.29, 0.717) is 6.42 Å². The fraction of sp³-hybridized carbons (Fsp3) is 0.667. The van der Waals surface area contributed by atoms with Crippen molar-refractivity contribution < 1.29 is 52.7 Å². The molecular formula is C36H61N15O11S4. The van der Waals surface area contributed by atoms with Crippen LogP contribution in [0.4, 0.5) is 0 Å². The largest absolute Gasteiger partial charge is 0.370 e. The lowest BCUT2D eigenvalue weighted by molar-refractivity contribution is -0.136. The minimum atomic E-state index is -1.46. The number of nitrogens with two attached hydrogens (primary N) is 6. The molecule has 26 nitrogen and oxygen atoms in total. The summed E-state index contributed by atoms with van der Waals surface area (Å²) in [5.41, 5.74) is 32.4. The molecule has 10 atom stereocenters. The molecule has 0 aromatic rings. The Labute approximate surface area is 396 Å². The summed E-state index contributed by atoms with van der Waals surface area (Å²) >= 11 is 0. The normalized spacial score (nSPS) is 21.5. The van der Waals surface area contributed by atoms with Crippen LogP contribution in [0.5, 0.6) is 0 Å². The molecular weight excluding hydrogens is 947 g/mol. The Morgan fingerprint density at radius 2 is 1.20 bits per heavy atom. The van der Waals surface area contributed by atoms with Crippen molar-refractivity contribution in [3.8, 4) is 0 Å². The molecule has 0 bridgehead atoms. The molecule has 2 heterocycles. The zero-order valence-corrected chi connectivity index (χ0v) is 39.9. The number of aliphatic imine (C=N–C) groups is 1. The van der Waals surface area contributed by atoms with E-state index in [1.165, 1.54) is 50.1 Å². The molecule has 2 saturated heterocycles. The maximum Gasteiger partial charge on any atom is 0.244 e. The molecule has 0 radical (unpaired) electrons. The molecule has 0 unspecified atom stereocenters. The van der Waals surface area contributed by atoms with Crippen LogP contribution in [-0.4, -0.2) is 155 Å². The van der Waals surface area contributed by atoms with Gasteiger partial charge < -0.3 is 76.9 Å². The Kier molecular flexibility index (Phi) is 24.8. The van der Waals surface area contributed by atoms with Gasteiger partial charge in [-0.15, -0.1) is 0 Å². The van der Waals surface area contributed by atoms with Crippen LogP contribution in [0.25, 0.3) is 0 Å². The molecule has 370 valence electrons. The van der Waals surface area contributed by atoms with Crippen molar-refractivity contribution in [3.63, 3.8) is 0 Å². The van der Waals surface area contributed by atoms with Crippen LogP contribution in [0.15, 0.2) is 4.99 Å². The van der Waals surface area contributed by atoms with E-state index in [1.807, 2.05) is 0 Å². The van der Waals surface area contributed by atoms with Crippen LogP contribution in [0, 0.1) is 5.92 Å². The molecule has 2 aliphatic rings. The Balaban J connectivity index is 2.22. The Morgan fingerprint density at radius 3 is 1.74 bits per heavy atom. The van der Waals surface area contributed by atoms with Crippen LogP contribution in [0.1, 0.15) is 59.3 Å². The lowest BCUT2D eigenvalue weighted by Gasteiger charge is -2.30. The maximum absolute atomic E-state index is 13.8. The highest BCUT2D eigenvalue weighted by Crippen LogP contribution is 2.26. The van der Waals surface area contributed by atoms with Gasteiger partial charge in [0, 0.05) is 36.0 Å². The van der Waals surface area contributed by atoms with Crippen molar-refractivity contribution in [2.24, 2.45) is 45.3 Å². The highest BCUT2D eigenvalue weighted by Gasteiger charge is 2.36. The van der Waals surface area contributed by atoms with Gasteiger partial charge >= 0.3 is 0 Å². The fourth-order valence-electron chi connectivity index (χ4n) is 5.83. The molecule has 20 N–H and O–H groups in total. The maximum atomic E-state index is 13.8. The van der Waals surface area contributed by atoms with Crippen LogP contribution in [-0.2, 0) is 52.7 Å². The molecule has 0 saturated carbocycles. The molecule has 0 aromatic heterocycles. The number of hydrogen-bond acceptors (Lipinski definition) is 17. The molecule has 30 heteroatoms. The third-order valence-electron chi connectivity index (χ3n) is 9.86. The average molecular weight is 1010 g/mol. The summed E-state index contributed by atoms with van der Waals surface area (Å²) in [5, 5.41) is 20.3. The van der Waals surface area contributed by atoms with Crippen molar-refractivity contribution in [2.45, 2.75) is 114 Å². The van der Waals surface area contributed by atoms with Gasteiger partial charge in [0.15, 0.2) is 5.96 Å². The monoisotopic (exact) mass is 1010 g/mol. The van der Waals surface area contributed by atoms with Crippen molar-refractivity contribution in [1.82, 2.24) is 42.5 Å². The first kappa shape index (κ1) is 56.9. The zero-order valence-electron chi connectivity index (χ0n) is 36.6. The highest BCUT2D eigenvalue weighted by atomic mass is 33.1. The van der Waals surface area contributed by atoms with Crippen LogP contribution in [0.3, 0.4) is 0 Å². The topological polar surface area (TPSA) is 452 Å². The zero-order chi connectivity index (χ0) is 49.7. The molecule has 2 rings (SSSR count). The van der Waals surface area contributed by atoms with E-state index in [0.717, 1.165) is 0 Å². The fourth-order valence-corrected chi connectivity index (χ4v) is 10.5. The summed E-state index contributed by atoms with van der Waals surface area (Å²) in [7, 11) is 4.89. The quantitative estimate of drug-likeness (QED) is 0.0185. The summed E-state index contributed by atoms with van der Waals surface area (Å²) < 4.78 is 0. The van der Waals surface area contributed by atoms with E-state index in [2.05, 4.69) is 47.5 Å². The minimum absolute atomic E-state index is 0.0467. The van der Waals surface area contributed by atoms with Gasteiger partial charge in [-0.05, 0) is 32.1 Å². The van der Waals surface area contributed by atoms with E-state index < -0.39 is 132 Å². The van der Waals surface area contributed by atoms with E-state index in [-0.39, 0.29) is 61.2 Å². The number of carbonyl (C=O) groups is 11. The highest BCUT2D eigenvalue weighted by molar-refractivity contribution is 8.77. The third kappa shape index (κ3) is 20.1. The lowest BCUT2D eigenvalue weighted by Crippen LogP contribution is -2.61. The number of hydrogen-bond donors (Lipinski definition) is 14. The van der Waals surface area contributed by atoms with Gasteiger partial charge in [0.1, 0.15) is 48.3 Å². The first-order valence-electron chi connectivity index (χ1n) is 20.6. The van der Waals surface area contributed by atoms with Gasteiger partial charge in [0.2, 0.25) is 65.0 Å². The summed E-state index contributed by atoms with van der Waals surface area (Å²) in [5.74, 6) is -9.00. The van der Waals surface area contributed by atoms with E-state index in [1.54, 1.807) is 13.8 Å². The summed E-state index contributed by atoms with van der Waals surface area (Å²) in [6, 6.07) is -11.1. The second-order valence-electron chi connectivity index (χ2n) is 15.2. The smallest absolute Gasteiger partial charge is 0.244 e. The summed E-state index contributed by atoms with van der Waals surface area (Å²) in [6.45, 7) is 4.77. The van der Waals surface area contributed by atoms with E-state index in [4.69, 9.17) is 34.4 Å². The molecule has 0 aromatic carbocycles. The Bertz CT molecular complexity index is 1830. The van der Waals surface area contributed by atoms with Gasteiger partial charge in [-0.3, -0.25) is 57.7 Å². The predicted molar refractivity (Wildman–Crippen MR) is 250 cm³/mol. The van der Waals surface area contributed by atoms with E-state index in [9.17, 15) is 52.7 Å². The van der Waals surface area contributed by atoms with Crippen molar-refractivity contribution in [1.29, 1.82) is 0 Å². The average Bonchev–Trinajstić information content (AvgIpc) is 3.23. The van der Waals surface area contributed by atoms with Gasteiger partial charge in [-0.1, -0.05) is 63.4 Å².